The molecule has 1 fully saturated rings. The molecule has 6 unspecified atom stereocenters. The smallest absolute Gasteiger partial charge is 0.462 e. The van der Waals surface area contributed by atoms with Gasteiger partial charge in [-0.25, -0.2) is 9.13 Å². The average molecular weight is 955 g/mol. The number of phosphoric acid groups is 2. The van der Waals surface area contributed by atoms with E-state index >= 15 is 0 Å². The molecule has 1 rings (SSSR count). The molecule has 0 bridgehead atoms. The summed E-state index contributed by atoms with van der Waals surface area (Å²) >= 11 is 0. The van der Waals surface area contributed by atoms with Gasteiger partial charge in [0.2, 0.25) is 0 Å². The average Bonchev–Trinajstić information content (AvgIpc) is 3.24. The van der Waals surface area contributed by atoms with E-state index in [0.29, 0.717) is 25.7 Å². The van der Waals surface area contributed by atoms with E-state index in [1.807, 2.05) is 18.2 Å². The topological polar surface area (TPSA) is 276 Å². The second-order valence-electron chi connectivity index (χ2n) is 16.3. The highest BCUT2D eigenvalue weighted by Gasteiger charge is 2.54. The zero-order valence-corrected chi connectivity index (χ0v) is 39.9. The first-order valence-corrected chi connectivity index (χ1v) is 26.3. The van der Waals surface area contributed by atoms with Gasteiger partial charge in [0.05, 0.1) is 12.7 Å². The standard InChI is InChI=1S/C45H80O17P2/c1-3-5-7-9-11-13-14-15-16-18-20-24-29-33-39(48)60-37(35-59-64(56,57)62-45-42(51)40(49)41(50)44(43(45)52)61-63(53,54)55)34-58-38(47)32-28-25-21-23-27-31-36(46)30-26-22-19-17-12-10-8-6-4-2/h12,17,21-23,26-27,31,36-37,40-46,49-52H,3-11,13-16,18-20,24-25,28-30,32-35H2,1-2H3,(H,56,57)(H2,53,54,55)/b17-12-,23-21+,26-22-,31-27-/t36?,37-,40?,41?,42?,43?,44-,45+/m1/s1. The first-order valence-electron chi connectivity index (χ1n) is 23.3. The van der Waals surface area contributed by atoms with E-state index in [1.165, 1.54) is 70.6 Å². The van der Waals surface area contributed by atoms with Crippen LogP contribution >= 0.6 is 15.6 Å². The fourth-order valence-corrected chi connectivity index (χ4v) is 8.34. The van der Waals surface area contributed by atoms with Gasteiger partial charge in [0.15, 0.2) is 6.10 Å². The highest BCUT2D eigenvalue weighted by Crippen LogP contribution is 2.49. The van der Waals surface area contributed by atoms with Crippen molar-refractivity contribution in [1.82, 2.24) is 0 Å². The molecule has 0 heterocycles. The highest BCUT2D eigenvalue weighted by atomic mass is 31.2. The van der Waals surface area contributed by atoms with Crippen molar-refractivity contribution in [2.45, 2.75) is 210 Å². The Balaban J connectivity index is 2.68. The number of allylic oxidation sites excluding steroid dienone is 6. The van der Waals surface area contributed by atoms with E-state index in [2.05, 4.69) is 30.5 Å². The van der Waals surface area contributed by atoms with E-state index in [4.69, 9.17) is 28.3 Å². The summed E-state index contributed by atoms with van der Waals surface area (Å²) in [4.78, 5) is 54.2. The molecule has 0 aliphatic heterocycles. The molecule has 8 N–H and O–H groups in total. The minimum absolute atomic E-state index is 0.0138. The number of unbranched alkanes of at least 4 members (excludes halogenated alkanes) is 16. The Morgan fingerprint density at radius 1 is 0.578 bits per heavy atom. The molecule has 1 aliphatic rings. The number of hydrogen-bond donors (Lipinski definition) is 8. The maximum absolute atomic E-state index is 13.0. The van der Waals surface area contributed by atoms with Gasteiger partial charge in [0.1, 0.15) is 43.2 Å². The predicted octanol–water partition coefficient (Wildman–Crippen LogP) is 7.48. The number of aliphatic hydroxyl groups is 5. The Labute approximate surface area is 380 Å². The second kappa shape index (κ2) is 36.0. The minimum atomic E-state index is -5.38. The summed E-state index contributed by atoms with van der Waals surface area (Å²) in [6.45, 7) is 2.94. The van der Waals surface area contributed by atoms with Crippen molar-refractivity contribution in [2.24, 2.45) is 0 Å². The lowest BCUT2D eigenvalue weighted by Crippen LogP contribution is -2.64. The quantitative estimate of drug-likeness (QED) is 0.00979. The van der Waals surface area contributed by atoms with Crippen LogP contribution in [0.1, 0.15) is 162 Å². The van der Waals surface area contributed by atoms with Crippen molar-refractivity contribution in [1.29, 1.82) is 0 Å². The molecule has 1 saturated carbocycles. The third kappa shape index (κ3) is 30.3. The Morgan fingerprint density at radius 3 is 1.72 bits per heavy atom. The normalized spacial score (nSPS) is 22.7. The van der Waals surface area contributed by atoms with Gasteiger partial charge in [-0.2, -0.15) is 0 Å². The molecule has 9 atom stereocenters. The van der Waals surface area contributed by atoms with E-state index in [-0.39, 0.29) is 12.8 Å². The number of phosphoric ester groups is 2. The van der Waals surface area contributed by atoms with Crippen molar-refractivity contribution in [2.75, 3.05) is 13.2 Å². The molecule has 372 valence electrons. The molecule has 19 heteroatoms. The molecule has 0 spiro atoms. The lowest BCUT2D eigenvalue weighted by molar-refractivity contribution is -0.216. The first kappa shape index (κ1) is 59.9. The van der Waals surface area contributed by atoms with E-state index in [0.717, 1.165) is 38.5 Å². The summed E-state index contributed by atoms with van der Waals surface area (Å²) in [5, 5.41) is 51.3. The van der Waals surface area contributed by atoms with Gasteiger partial charge in [0, 0.05) is 12.8 Å². The summed E-state index contributed by atoms with van der Waals surface area (Å²) in [7, 11) is -10.7. The van der Waals surface area contributed by atoms with Gasteiger partial charge in [-0.05, 0) is 44.9 Å². The molecular weight excluding hydrogens is 874 g/mol. The van der Waals surface area contributed by atoms with Gasteiger partial charge in [0.25, 0.3) is 0 Å². The summed E-state index contributed by atoms with van der Waals surface area (Å²) in [6.07, 6.45) is 21.0. The van der Waals surface area contributed by atoms with Gasteiger partial charge in [-0.3, -0.25) is 23.2 Å². The SMILES string of the molecule is CCCCC/C=C\C/C=C\CC(O)/C=C\C=C\CCCC(=O)OC[C@H](COP(=O)(O)O[C@H]1C(O)C(O)C(O)[C@@H](OP(=O)(O)O)C1O)OC(=O)CCCCCCCCCCCCCCC. The summed E-state index contributed by atoms with van der Waals surface area (Å²) in [5.74, 6) is -1.33. The molecule has 0 aromatic rings. The molecule has 0 amide bonds. The van der Waals surface area contributed by atoms with Crippen molar-refractivity contribution < 1.29 is 82.0 Å². The highest BCUT2D eigenvalue weighted by molar-refractivity contribution is 7.47. The van der Waals surface area contributed by atoms with E-state index in [1.54, 1.807) is 18.2 Å². The van der Waals surface area contributed by atoms with Crippen LogP contribution in [-0.2, 0) is 41.8 Å². The Hall–Kier alpha value is -2.08. The van der Waals surface area contributed by atoms with Crippen LogP contribution in [0, 0.1) is 0 Å². The van der Waals surface area contributed by atoms with Gasteiger partial charge in [-0.15, -0.1) is 0 Å². The summed E-state index contributed by atoms with van der Waals surface area (Å²) in [5.41, 5.74) is 0. The number of carbonyl (C=O) groups excluding carboxylic acids is 2. The van der Waals surface area contributed by atoms with Crippen molar-refractivity contribution in [3.8, 4) is 0 Å². The number of rotatable bonds is 38. The number of esters is 2. The largest absolute Gasteiger partial charge is 0.472 e. The second-order valence-corrected chi connectivity index (χ2v) is 18.9. The number of aliphatic hydroxyl groups excluding tert-OH is 5. The number of carbonyl (C=O) groups is 2. The van der Waals surface area contributed by atoms with E-state index in [9.17, 15) is 49.1 Å². The minimum Gasteiger partial charge on any atom is -0.462 e. The van der Waals surface area contributed by atoms with Crippen molar-refractivity contribution in [3.05, 3.63) is 48.6 Å². The molecular formula is C45H80O17P2. The van der Waals surface area contributed by atoms with Crippen LogP contribution in [0.4, 0.5) is 0 Å². The third-order valence-electron chi connectivity index (χ3n) is 10.5. The fourth-order valence-electron chi connectivity index (χ4n) is 6.80. The molecule has 0 aromatic heterocycles. The molecule has 17 nitrogen and oxygen atoms in total. The zero-order chi connectivity index (χ0) is 47.6. The Kier molecular flexibility index (Phi) is 33.7. The van der Waals surface area contributed by atoms with Crippen molar-refractivity contribution in [3.63, 3.8) is 0 Å². The molecule has 0 aromatic carbocycles. The van der Waals surface area contributed by atoms with Crippen molar-refractivity contribution >= 4 is 27.6 Å². The summed E-state index contributed by atoms with van der Waals surface area (Å²) in [6, 6.07) is 0. The monoisotopic (exact) mass is 954 g/mol. The lowest BCUT2D eigenvalue weighted by Gasteiger charge is -2.43. The third-order valence-corrected chi connectivity index (χ3v) is 12.0. The molecule has 0 saturated heterocycles. The van der Waals surface area contributed by atoms with Crippen LogP contribution in [0.15, 0.2) is 48.6 Å². The summed E-state index contributed by atoms with van der Waals surface area (Å²) < 4.78 is 49.2. The van der Waals surface area contributed by atoms with Crippen LogP contribution in [0.5, 0.6) is 0 Å². The van der Waals surface area contributed by atoms with Crippen LogP contribution < -0.4 is 0 Å². The van der Waals surface area contributed by atoms with Gasteiger partial charge >= 0.3 is 27.6 Å². The fraction of sp³-hybridized carbons (Fsp3) is 0.778. The van der Waals surface area contributed by atoms with Crippen LogP contribution in [-0.4, -0.2) is 114 Å². The maximum Gasteiger partial charge on any atom is 0.472 e. The molecule has 64 heavy (non-hydrogen) atoms. The molecule has 1 aliphatic carbocycles. The van der Waals surface area contributed by atoms with E-state index < -0.39 is 89.6 Å². The van der Waals surface area contributed by atoms with Crippen LogP contribution in [0.3, 0.4) is 0 Å². The zero-order valence-electron chi connectivity index (χ0n) is 38.1. The predicted molar refractivity (Wildman–Crippen MR) is 243 cm³/mol. The Morgan fingerprint density at radius 2 is 1.11 bits per heavy atom. The van der Waals surface area contributed by atoms with Crippen LogP contribution in [0.2, 0.25) is 0 Å². The van der Waals surface area contributed by atoms with Gasteiger partial charge in [-0.1, -0.05) is 152 Å². The lowest BCUT2D eigenvalue weighted by atomic mass is 9.85. The van der Waals surface area contributed by atoms with Crippen LogP contribution in [0.25, 0.3) is 0 Å². The number of ether oxygens (including phenoxy) is 2. The maximum atomic E-state index is 13.0. The molecule has 0 radical (unpaired) electrons. The number of hydrogen-bond acceptors (Lipinski definition) is 14. The Bertz CT molecular complexity index is 1450. The van der Waals surface area contributed by atoms with Gasteiger partial charge < -0.3 is 49.7 Å². The first-order chi connectivity index (χ1) is 30.5.